The van der Waals surface area contributed by atoms with Crippen molar-refractivity contribution in [2.75, 3.05) is 11.1 Å². The number of para-hydroxylation sites is 1. The highest BCUT2D eigenvalue weighted by atomic mass is 16.2. The molecule has 1 amide bonds. The maximum Gasteiger partial charge on any atom is 0.246 e. The molecular weight excluding hydrogens is 264 g/mol. The van der Waals surface area contributed by atoms with Crippen LogP contribution in [0.4, 0.5) is 11.4 Å². The molecule has 0 atom stereocenters. The normalized spacial score (nSPS) is 10.7. The van der Waals surface area contributed by atoms with Crippen molar-refractivity contribution >= 4 is 28.2 Å². The topological polar surface area (TPSA) is 72.9 Å². The molecule has 0 aliphatic carbocycles. The van der Waals surface area contributed by atoms with Gasteiger partial charge >= 0.3 is 0 Å². The molecule has 0 aliphatic rings. The van der Waals surface area contributed by atoms with E-state index in [0.717, 1.165) is 22.2 Å². The number of carbonyl (C=O) groups is 1. The Hall–Kier alpha value is -2.82. The molecule has 3 aromatic rings. The number of aromatic nitrogens is 2. The maximum absolute atomic E-state index is 12.2. The van der Waals surface area contributed by atoms with E-state index in [2.05, 4.69) is 10.4 Å². The van der Waals surface area contributed by atoms with E-state index >= 15 is 0 Å². The van der Waals surface area contributed by atoms with Gasteiger partial charge in [-0.2, -0.15) is 5.10 Å². The summed E-state index contributed by atoms with van der Waals surface area (Å²) in [5.41, 5.74) is 9.14. The van der Waals surface area contributed by atoms with Gasteiger partial charge < -0.3 is 11.1 Å². The van der Waals surface area contributed by atoms with Crippen LogP contribution in [0.25, 0.3) is 10.9 Å². The van der Waals surface area contributed by atoms with Gasteiger partial charge in [-0.05, 0) is 36.8 Å². The third kappa shape index (κ3) is 2.72. The van der Waals surface area contributed by atoms with Crippen molar-refractivity contribution in [3.63, 3.8) is 0 Å². The van der Waals surface area contributed by atoms with E-state index in [9.17, 15) is 4.79 Å². The monoisotopic (exact) mass is 280 g/mol. The van der Waals surface area contributed by atoms with Gasteiger partial charge in [-0.15, -0.1) is 0 Å². The smallest absolute Gasteiger partial charge is 0.246 e. The van der Waals surface area contributed by atoms with E-state index < -0.39 is 0 Å². The van der Waals surface area contributed by atoms with Gasteiger partial charge in [0, 0.05) is 16.8 Å². The van der Waals surface area contributed by atoms with E-state index in [0.29, 0.717) is 5.69 Å². The molecule has 1 aromatic heterocycles. The zero-order valence-electron chi connectivity index (χ0n) is 11.7. The van der Waals surface area contributed by atoms with E-state index in [1.807, 2.05) is 49.4 Å². The second kappa shape index (κ2) is 5.28. The largest absolute Gasteiger partial charge is 0.399 e. The number of aryl methyl sites for hydroxylation is 1. The fourth-order valence-corrected chi connectivity index (χ4v) is 2.25. The Morgan fingerprint density at radius 3 is 2.90 bits per heavy atom. The van der Waals surface area contributed by atoms with Crippen LogP contribution >= 0.6 is 0 Å². The van der Waals surface area contributed by atoms with Crippen molar-refractivity contribution in [3.05, 3.63) is 54.2 Å². The number of nitrogens with two attached hydrogens (primary N) is 1. The van der Waals surface area contributed by atoms with Crippen LogP contribution in [0.5, 0.6) is 0 Å². The maximum atomic E-state index is 12.2. The molecule has 0 spiro atoms. The predicted molar refractivity (Wildman–Crippen MR) is 84.0 cm³/mol. The molecule has 1 heterocycles. The second-order valence-electron chi connectivity index (χ2n) is 4.98. The van der Waals surface area contributed by atoms with Crippen LogP contribution in [0.1, 0.15) is 5.56 Å². The van der Waals surface area contributed by atoms with Gasteiger partial charge in [0.05, 0.1) is 11.7 Å². The lowest BCUT2D eigenvalue weighted by Crippen LogP contribution is -2.19. The standard InChI is InChI=1S/C16H16N4O/c1-11-4-2-3-5-14(11)19-16(21)10-20-15-8-13(17)7-6-12(15)9-18-20/h2-9H,10,17H2,1H3,(H,19,21). The van der Waals surface area contributed by atoms with Gasteiger partial charge in [0.25, 0.3) is 0 Å². The number of anilines is 2. The summed E-state index contributed by atoms with van der Waals surface area (Å²) in [5.74, 6) is -0.114. The second-order valence-corrected chi connectivity index (χ2v) is 4.98. The summed E-state index contributed by atoms with van der Waals surface area (Å²) in [5, 5.41) is 8.10. The summed E-state index contributed by atoms with van der Waals surface area (Å²) in [6.07, 6.45) is 1.73. The van der Waals surface area contributed by atoms with Crippen LogP contribution in [0.15, 0.2) is 48.7 Å². The number of rotatable bonds is 3. The van der Waals surface area contributed by atoms with Crippen molar-refractivity contribution in [1.82, 2.24) is 9.78 Å². The lowest BCUT2D eigenvalue weighted by Gasteiger charge is -2.08. The summed E-state index contributed by atoms with van der Waals surface area (Å²) >= 11 is 0. The molecule has 0 unspecified atom stereocenters. The molecular formula is C16H16N4O. The van der Waals surface area contributed by atoms with Crippen LogP contribution in [0.3, 0.4) is 0 Å². The van der Waals surface area contributed by atoms with Gasteiger partial charge in [0.1, 0.15) is 6.54 Å². The first-order valence-electron chi connectivity index (χ1n) is 6.70. The van der Waals surface area contributed by atoms with Gasteiger partial charge in [-0.1, -0.05) is 18.2 Å². The van der Waals surface area contributed by atoms with Crippen LogP contribution in [0, 0.1) is 6.92 Å². The summed E-state index contributed by atoms with van der Waals surface area (Å²) in [4.78, 5) is 12.2. The number of carbonyl (C=O) groups excluding carboxylic acids is 1. The number of hydrogen-bond donors (Lipinski definition) is 2. The zero-order chi connectivity index (χ0) is 14.8. The van der Waals surface area contributed by atoms with Crippen molar-refractivity contribution < 1.29 is 4.79 Å². The molecule has 2 aromatic carbocycles. The fraction of sp³-hybridized carbons (Fsp3) is 0.125. The Morgan fingerprint density at radius 1 is 1.29 bits per heavy atom. The first-order chi connectivity index (χ1) is 10.1. The Kier molecular flexibility index (Phi) is 3.31. The molecule has 5 nitrogen and oxygen atoms in total. The Labute approximate surface area is 122 Å². The van der Waals surface area contributed by atoms with Crippen molar-refractivity contribution in [2.45, 2.75) is 13.5 Å². The van der Waals surface area contributed by atoms with E-state index in [1.165, 1.54) is 0 Å². The van der Waals surface area contributed by atoms with Crippen molar-refractivity contribution in [2.24, 2.45) is 0 Å². The Balaban J connectivity index is 1.80. The molecule has 3 rings (SSSR count). The number of nitrogen functional groups attached to an aromatic ring is 1. The summed E-state index contributed by atoms with van der Waals surface area (Å²) in [7, 11) is 0. The number of amides is 1. The lowest BCUT2D eigenvalue weighted by molar-refractivity contribution is -0.116. The van der Waals surface area contributed by atoms with E-state index in [-0.39, 0.29) is 12.5 Å². The average Bonchev–Trinajstić information content (AvgIpc) is 2.84. The Morgan fingerprint density at radius 2 is 2.10 bits per heavy atom. The molecule has 0 bridgehead atoms. The number of nitrogens with zero attached hydrogens (tertiary/aromatic N) is 2. The SMILES string of the molecule is Cc1ccccc1NC(=O)Cn1ncc2ccc(N)cc21. The summed E-state index contributed by atoms with van der Waals surface area (Å²) in [6.45, 7) is 2.11. The minimum absolute atomic E-state index is 0.114. The van der Waals surface area contributed by atoms with Crippen LogP contribution in [-0.4, -0.2) is 15.7 Å². The zero-order valence-corrected chi connectivity index (χ0v) is 11.7. The van der Waals surface area contributed by atoms with Gasteiger partial charge in [-0.3, -0.25) is 9.48 Å². The quantitative estimate of drug-likeness (QED) is 0.724. The van der Waals surface area contributed by atoms with Gasteiger partial charge in [-0.25, -0.2) is 0 Å². The van der Waals surface area contributed by atoms with Crippen LogP contribution in [0.2, 0.25) is 0 Å². The molecule has 106 valence electrons. The highest BCUT2D eigenvalue weighted by molar-refractivity contribution is 5.92. The lowest BCUT2D eigenvalue weighted by atomic mass is 10.2. The molecule has 0 fully saturated rings. The van der Waals surface area contributed by atoms with E-state index in [4.69, 9.17) is 5.73 Å². The van der Waals surface area contributed by atoms with Crippen molar-refractivity contribution in [3.8, 4) is 0 Å². The molecule has 0 aliphatic heterocycles. The number of hydrogen-bond acceptors (Lipinski definition) is 3. The van der Waals surface area contributed by atoms with Crippen LogP contribution in [-0.2, 0) is 11.3 Å². The van der Waals surface area contributed by atoms with Crippen molar-refractivity contribution in [1.29, 1.82) is 0 Å². The number of nitrogens with one attached hydrogen (secondary N) is 1. The average molecular weight is 280 g/mol. The van der Waals surface area contributed by atoms with E-state index in [1.54, 1.807) is 10.9 Å². The highest BCUT2D eigenvalue weighted by Crippen LogP contribution is 2.17. The highest BCUT2D eigenvalue weighted by Gasteiger charge is 2.09. The minimum atomic E-state index is -0.114. The number of benzene rings is 2. The van der Waals surface area contributed by atoms with Gasteiger partial charge in [0.15, 0.2) is 0 Å². The molecule has 5 heteroatoms. The third-order valence-corrected chi connectivity index (χ3v) is 3.38. The summed E-state index contributed by atoms with van der Waals surface area (Å²) < 4.78 is 1.65. The third-order valence-electron chi connectivity index (χ3n) is 3.38. The molecule has 0 saturated heterocycles. The predicted octanol–water partition coefficient (Wildman–Crippen LogP) is 2.57. The number of fused-ring (bicyclic) bond motifs is 1. The van der Waals surface area contributed by atoms with Gasteiger partial charge in [0.2, 0.25) is 5.91 Å². The first-order valence-corrected chi connectivity index (χ1v) is 6.70. The molecule has 0 radical (unpaired) electrons. The fourth-order valence-electron chi connectivity index (χ4n) is 2.25. The summed E-state index contributed by atoms with van der Waals surface area (Å²) in [6, 6.07) is 13.2. The first kappa shape index (κ1) is 13.2. The Bertz CT molecular complexity index is 807. The van der Waals surface area contributed by atoms with Crippen LogP contribution < -0.4 is 11.1 Å². The minimum Gasteiger partial charge on any atom is -0.399 e. The molecule has 0 saturated carbocycles. The molecule has 3 N–H and O–H groups in total. The molecule has 21 heavy (non-hydrogen) atoms.